The SMILES string of the molecule is O=C(O)CN(NC(=O)c1ccc(Cl)cc1)c1nc(-c2ccc(OC(F)(F)F)cc2)no1. The Labute approximate surface area is 177 Å². The fraction of sp³-hybridized carbons (Fsp3) is 0.111. The number of anilines is 1. The molecule has 9 nitrogen and oxygen atoms in total. The summed E-state index contributed by atoms with van der Waals surface area (Å²) >= 11 is 5.77. The van der Waals surface area contributed by atoms with Crippen LogP contribution < -0.4 is 15.2 Å². The van der Waals surface area contributed by atoms with Gasteiger partial charge >= 0.3 is 18.3 Å². The molecule has 0 saturated heterocycles. The average Bonchev–Trinajstić information content (AvgIpc) is 3.17. The van der Waals surface area contributed by atoms with Crippen molar-refractivity contribution in [3.8, 4) is 17.1 Å². The number of nitrogens with zero attached hydrogens (tertiary/aromatic N) is 3. The van der Waals surface area contributed by atoms with Crippen molar-refractivity contribution < 1.29 is 37.1 Å². The second-order valence-corrected chi connectivity index (χ2v) is 6.34. The number of carboxylic acid groups (broad SMARTS) is 1. The van der Waals surface area contributed by atoms with Crippen LogP contribution in [0.2, 0.25) is 5.02 Å². The van der Waals surface area contributed by atoms with E-state index in [1.54, 1.807) is 0 Å². The minimum Gasteiger partial charge on any atom is -0.480 e. The monoisotopic (exact) mass is 456 g/mol. The number of ether oxygens (including phenoxy) is 1. The number of hydrazine groups is 1. The van der Waals surface area contributed by atoms with Crippen molar-refractivity contribution in [2.24, 2.45) is 0 Å². The third-order valence-corrected chi connectivity index (χ3v) is 3.88. The van der Waals surface area contributed by atoms with Gasteiger partial charge in [-0.1, -0.05) is 16.8 Å². The summed E-state index contributed by atoms with van der Waals surface area (Å²) < 4.78 is 45.5. The standard InChI is InChI=1S/C18H12ClF3N4O5/c19-12-5-1-11(2-6-12)16(29)24-26(9-14(27)28)17-23-15(25-31-17)10-3-7-13(8-4-10)30-18(20,21)22/h1-8H,9H2,(H,24,29)(H,27,28). The number of nitrogens with one attached hydrogen (secondary N) is 1. The zero-order valence-electron chi connectivity index (χ0n) is 15.3. The molecule has 0 spiro atoms. The lowest BCUT2D eigenvalue weighted by Crippen LogP contribution is -2.45. The van der Waals surface area contributed by atoms with Gasteiger partial charge in [-0.25, -0.2) is 5.01 Å². The molecule has 0 radical (unpaired) electrons. The predicted molar refractivity (Wildman–Crippen MR) is 100 cm³/mol. The molecule has 0 aliphatic heterocycles. The normalized spacial score (nSPS) is 11.1. The van der Waals surface area contributed by atoms with Gasteiger partial charge in [-0.3, -0.25) is 15.0 Å². The van der Waals surface area contributed by atoms with E-state index in [-0.39, 0.29) is 23.0 Å². The fourth-order valence-electron chi connectivity index (χ4n) is 2.33. The van der Waals surface area contributed by atoms with Crippen LogP contribution in [0.1, 0.15) is 10.4 Å². The summed E-state index contributed by atoms with van der Waals surface area (Å²) in [4.78, 5) is 27.5. The number of carbonyl (C=O) groups excluding carboxylic acids is 1. The maximum absolute atomic E-state index is 12.4. The van der Waals surface area contributed by atoms with Crippen molar-refractivity contribution in [3.63, 3.8) is 0 Å². The Hall–Kier alpha value is -3.80. The number of aromatic nitrogens is 2. The molecular weight excluding hydrogens is 445 g/mol. The Morgan fingerprint density at radius 2 is 1.77 bits per heavy atom. The number of rotatable bonds is 7. The van der Waals surface area contributed by atoms with E-state index in [2.05, 4.69) is 20.3 Å². The van der Waals surface area contributed by atoms with Crippen LogP contribution in [0, 0.1) is 0 Å². The lowest BCUT2D eigenvalue weighted by atomic mass is 10.2. The lowest BCUT2D eigenvalue weighted by Gasteiger charge is -2.18. The molecule has 0 aliphatic carbocycles. The van der Waals surface area contributed by atoms with Crippen LogP contribution in [0.15, 0.2) is 53.1 Å². The molecule has 31 heavy (non-hydrogen) atoms. The van der Waals surface area contributed by atoms with Crippen molar-refractivity contribution in [1.82, 2.24) is 15.6 Å². The maximum Gasteiger partial charge on any atom is 0.573 e. The molecule has 162 valence electrons. The summed E-state index contributed by atoms with van der Waals surface area (Å²) in [5.74, 6) is -2.46. The van der Waals surface area contributed by atoms with Gasteiger partial charge < -0.3 is 14.4 Å². The van der Waals surface area contributed by atoms with E-state index < -0.39 is 30.5 Å². The molecule has 1 amide bonds. The number of hydrogen-bond acceptors (Lipinski definition) is 7. The highest BCUT2D eigenvalue weighted by atomic mass is 35.5. The highest BCUT2D eigenvalue weighted by Gasteiger charge is 2.31. The Kier molecular flexibility index (Phi) is 6.30. The van der Waals surface area contributed by atoms with Crippen LogP contribution >= 0.6 is 11.6 Å². The number of aliphatic carboxylic acids is 1. The molecule has 0 saturated carbocycles. The van der Waals surface area contributed by atoms with E-state index >= 15 is 0 Å². The smallest absolute Gasteiger partial charge is 0.480 e. The van der Waals surface area contributed by atoms with Crippen molar-refractivity contribution in [3.05, 3.63) is 59.1 Å². The number of benzene rings is 2. The summed E-state index contributed by atoms with van der Waals surface area (Å²) in [5.41, 5.74) is 2.79. The summed E-state index contributed by atoms with van der Waals surface area (Å²) in [6.07, 6.45) is -4.83. The highest BCUT2D eigenvalue weighted by Crippen LogP contribution is 2.26. The first kappa shape index (κ1) is 21.9. The van der Waals surface area contributed by atoms with E-state index in [4.69, 9.17) is 21.2 Å². The molecule has 1 heterocycles. The zero-order chi connectivity index (χ0) is 22.6. The van der Waals surface area contributed by atoms with Gasteiger partial charge in [0.1, 0.15) is 12.3 Å². The van der Waals surface area contributed by atoms with Crippen LogP contribution in [0.3, 0.4) is 0 Å². The van der Waals surface area contributed by atoms with Gasteiger partial charge in [0.25, 0.3) is 5.91 Å². The van der Waals surface area contributed by atoms with Crippen LogP contribution in [0.5, 0.6) is 5.75 Å². The molecule has 1 aromatic heterocycles. The van der Waals surface area contributed by atoms with Gasteiger partial charge in [0, 0.05) is 16.1 Å². The van der Waals surface area contributed by atoms with Crippen molar-refractivity contribution in [1.29, 1.82) is 0 Å². The maximum atomic E-state index is 12.4. The van der Waals surface area contributed by atoms with Crippen molar-refractivity contribution in [2.45, 2.75) is 6.36 Å². The number of carbonyl (C=O) groups is 2. The minimum atomic E-state index is -4.83. The molecule has 0 bridgehead atoms. The van der Waals surface area contributed by atoms with Gasteiger partial charge in [-0.15, -0.1) is 13.2 Å². The number of carboxylic acids is 1. The zero-order valence-corrected chi connectivity index (χ0v) is 16.0. The van der Waals surface area contributed by atoms with Crippen LogP contribution in [0.4, 0.5) is 19.2 Å². The Morgan fingerprint density at radius 3 is 2.35 bits per heavy atom. The van der Waals surface area contributed by atoms with E-state index in [0.717, 1.165) is 17.1 Å². The third-order valence-electron chi connectivity index (χ3n) is 3.63. The molecule has 13 heteroatoms. The van der Waals surface area contributed by atoms with Crippen molar-refractivity contribution >= 4 is 29.5 Å². The average molecular weight is 457 g/mol. The molecule has 0 unspecified atom stereocenters. The van der Waals surface area contributed by atoms with Gasteiger partial charge in [-0.05, 0) is 48.5 Å². The van der Waals surface area contributed by atoms with Gasteiger partial charge in [0.2, 0.25) is 5.82 Å². The number of halogens is 4. The quantitative estimate of drug-likeness (QED) is 0.518. The predicted octanol–water partition coefficient (Wildman–Crippen LogP) is 3.52. The molecule has 0 fully saturated rings. The van der Waals surface area contributed by atoms with Gasteiger partial charge in [0.05, 0.1) is 0 Å². The first-order valence-corrected chi connectivity index (χ1v) is 8.74. The molecule has 3 aromatic rings. The molecule has 3 rings (SSSR count). The number of alkyl halides is 3. The topological polar surface area (TPSA) is 118 Å². The van der Waals surface area contributed by atoms with E-state index in [0.29, 0.717) is 5.02 Å². The number of amides is 1. The number of hydrogen-bond donors (Lipinski definition) is 2. The summed E-state index contributed by atoms with van der Waals surface area (Å²) in [5, 5.41) is 14.0. The molecule has 0 aliphatic rings. The van der Waals surface area contributed by atoms with Crippen molar-refractivity contribution in [2.75, 3.05) is 11.6 Å². The third kappa shape index (κ3) is 6.09. The van der Waals surface area contributed by atoms with Crippen LogP contribution in [0.25, 0.3) is 11.4 Å². The van der Waals surface area contributed by atoms with E-state index in [9.17, 15) is 22.8 Å². The first-order chi connectivity index (χ1) is 14.6. The Morgan fingerprint density at radius 1 is 1.13 bits per heavy atom. The van der Waals surface area contributed by atoms with E-state index in [1.165, 1.54) is 36.4 Å². The molecule has 0 atom stereocenters. The van der Waals surface area contributed by atoms with Crippen LogP contribution in [-0.4, -0.2) is 40.0 Å². The Bertz CT molecular complexity index is 1070. The molecular formula is C18H12ClF3N4O5. The first-order valence-electron chi connectivity index (χ1n) is 8.36. The second-order valence-electron chi connectivity index (χ2n) is 5.90. The Balaban J connectivity index is 1.78. The largest absolute Gasteiger partial charge is 0.573 e. The summed E-state index contributed by atoms with van der Waals surface area (Å²) in [6.45, 7) is -0.709. The second kappa shape index (κ2) is 8.92. The lowest BCUT2D eigenvalue weighted by molar-refractivity contribution is -0.274. The fourth-order valence-corrected chi connectivity index (χ4v) is 2.45. The van der Waals surface area contributed by atoms with Crippen LogP contribution in [-0.2, 0) is 4.79 Å². The van der Waals surface area contributed by atoms with Gasteiger partial charge in [-0.2, -0.15) is 4.98 Å². The van der Waals surface area contributed by atoms with E-state index in [1.807, 2.05) is 0 Å². The van der Waals surface area contributed by atoms with Gasteiger partial charge in [0.15, 0.2) is 0 Å². The summed E-state index contributed by atoms with van der Waals surface area (Å²) in [6, 6.07) is 10.1. The highest BCUT2D eigenvalue weighted by molar-refractivity contribution is 6.30. The minimum absolute atomic E-state index is 0.0512. The molecule has 2 N–H and O–H groups in total. The molecule has 2 aromatic carbocycles. The summed E-state index contributed by atoms with van der Waals surface area (Å²) in [7, 11) is 0.